The molecule has 0 unspecified atom stereocenters. The Balaban J connectivity index is 1.76. The largest absolute Gasteiger partial charge is 0.353 e. The summed E-state index contributed by atoms with van der Waals surface area (Å²) in [4.78, 5) is 7.29. The molecule has 0 saturated heterocycles. The summed E-state index contributed by atoms with van der Waals surface area (Å²) < 4.78 is 0. The second kappa shape index (κ2) is 6.61. The molecule has 3 nitrogen and oxygen atoms in total. The van der Waals surface area contributed by atoms with Gasteiger partial charge in [0.15, 0.2) is 0 Å². The highest BCUT2D eigenvalue weighted by molar-refractivity contribution is 5.45. The van der Waals surface area contributed by atoms with E-state index < -0.39 is 0 Å². The molecule has 1 N–H and O–H groups in total. The van der Waals surface area contributed by atoms with E-state index in [1.807, 2.05) is 0 Å². The minimum absolute atomic E-state index is 0.761. The SMILES string of the molecule is CCCc1cc(CNC2CC2)cc(N2CC=C(C)CC2)n1. The Morgan fingerprint density at radius 2 is 2.19 bits per heavy atom. The van der Waals surface area contributed by atoms with Crippen molar-refractivity contribution < 1.29 is 0 Å². The topological polar surface area (TPSA) is 28.2 Å². The number of nitrogens with one attached hydrogen (secondary N) is 1. The van der Waals surface area contributed by atoms with E-state index in [-0.39, 0.29) is 0 Å². The average molecular weight is 285 g/mol. The first-order valence-corrected chi connectivity index (χ1v) is 8.38. The lowest BCUT2D eigenvalue weighted by atomic mass is 10.1. The normalized spacial score (nSPS) is 18.8. The van der Waals surface area contributed by atoms with Crippen LogP contribution in [0.1, 0.15) is 50.8 Å². The fourth-order valence-corrected chi connectivity index (χ4v) is 2.81. The Kier molecular flexibility index (Phi) is 4.59. The summed E-state index contributed by atoms with van der Waals surface area (Å²) >= 11 is 0. The van der Waals surface area contributed by atoms with Gasteiger partial charge in [-0.1, -0.05) is 25.0 Å². The number of nitrogens with zero attached hydrogens (tertiary/aromatic N) is 2. The summed E-state index contributed by atoms with van der Waals surface area (Å²) in [5.41, 5.74) is 4.14. The number of rotatable bonds is 6. The van der Waals surface area contributed by atoms with Crippen LogP contribution in [0.25, 0.3) is 0 Å². The number of aryl methyl sites for hydroxylation is 1. The highest BCUT2D eigenvalue weighted by Crippen LogP contribution is 2.22. The quantitative estimate of drug-likeness (QED) is 0.812. The second-order valence-electron chi connectivity index (χ2n) is 6.48. The van der Waals surface area contributed by atoms with Crippen molar-refractivity contribution in [1.82, 2.24) is 10.3 Å². The van der Waals surface area contributed by atoms with Crippen molar-refractivity contribution in [2.45, 2.75) is 58.5 Å². The van der Waals surface area contributed by atoms with Crippen LogP contribution in [0.5, 0.6) is 0 Å². The van der Waals surface area contributed by atoms with Gasteiger partial charge in [-0.25, -0.2) is 4.98 Å². The van der Waals surface area contributed by atoms with E-state index >= 15 is 0 Å². The van der Waals surface area contributed by atoms with Crippen LogP contribution < -0.4 is 10.2 Å². The maximum atomic E-state index is 4.88. The van der Waals surface area contributed by atoms with Gasteiger partial charge in [0, 0.05) is 31.4 Å². The second-order valence-corrected chi connectivity index (χ2v) is 6.48. The first kappa shape index (κ1) is 14.6. The Morgan fingerprint density at radius 1 is 1.33 bits per heavy atom. The highest BCUT2D eigenvalue weighted by atomic mass is 15.2. The fourth-order valence-electron chi connectivity index (χ4n) is 2.81. The van der Waals surface area contributed by atoms with Crippen molar-refractivity contribution in [2.24, 2.45) is 0 Å². The Morgan fingerprint density at radius 3 is 2.86 bits per heavy atom. The standard InChI is InChI=1S/C18H27N3/c1-3-4-17-11-15(13-19-16-5-6-16)12-18(20-17)21-9-7-14(2)8-10-21/h7,11-12,16,19H,3-6,8-10,13H2,1-2H3. The van der Waals surface area contributed by atoms with Gasteiger partial charge in [0.05, 0.1) is 0 Å². The first-order chi connectivity index (χ1) is 10.2. The molecule has 21 heavy (non-hydrogen) atoms. The van der Waals surface area contributed by atoms with Crippen LogP contribution in [0.4, 0.5) is 5.82 Å². The molecule has 0 atom stereocenters. The molecule has 114 valence electrons. The van der Waals surface area contributed by atoms with Crippen molar-refractivity contribution in [2.75, 3.05) is 18.0 Å². The molecule has 1 aromatic heterocycles. The minimum Gasteiger partial charge on any atom is -0.353 e. The number of anilines is 1. The third-order valence-electron chi connectivity index (χ3n) is 4.36. The van der Waals surface area contributed by atoms with E-state index in [4.69, 9.17) is 4.98 Å². The zero-order valence-electron chi connectivity index (χ0n) is 13.4. The molecule has 1 fully saturated rings. The van der Waals surface area contributed by atoms with Gasteiger partial charge in [-0.2, -0.15) is 0 Å². The molecule has 3 heteroatoms. The zero-order valence-corrected chi connectivity index (χ0v) is 13.4. The van der Waals surface area contributed by atoms with Gasteiger partial charge in [0.2, 0.25) is 0 Å². The third kappa shape index (κ3) is 4.07. The van der Waals surface area contributed by atoms with Gasteiger partial charge in [-0.05, 0) is 50.3 Å². The van der Waals surface area contributed by atoms with E-state index in [0.29, 0.717) is 0 Å². The first-order valence-electron chi connectivity index (χ1n) is 8.38. The summed E-state index contributed by atoms with van der Waals surface area (Å²) in [6, 6.07) is 5.33. The summed E-state index contributed by atoms with van der Waals surface area (Å²) in [6.45, 7) is 7.54. The van der Waals surface area contributed by atoms with Gasteiger partial charge in [-0.15, -0.1) is 0 Å². The molecule has 1 aromatic rings. The Hall–Kier alpha value is -1.35. The molecule has 0 amide bonds. The van der Waals surface area contributed by atoms with E-state index in [1.165, 1.54) is 29.7 Å². The van der Waals surface area contributed by atoms with Crippen molar-refractivity contribution in [3.63, 3.8) is 0 Å². The lowest BCUT2D eigenvalue weighted by Crippen LogP contribution is -2.29. The van der Waals surface area contributed by atoms with E-state index in [1.54, 1.807) is 0 Å². The predicted octanol–water partition coefficient (Wildman–Crippen LogP) is 3.44. The summed E-state index contributed by atoms with van der Waals surface area (Å²) in [5.74, 6) is 1.16. The lowest BCUT2D eigenvalue weighted by molar-refractivity contribution is 0.683. The molecule has 3 rings (SSSR count). The molecule has 2 heterocycles. The van der Waals surface area contributed by atoms with Crippen LogP contribution in [0.15, 0.2) is 23.8 Å². The molecular weight excluding hydrogens is 258 g/mol. The van der Waals surface area contributed by atoms with Crippen molar-refractivity contribution in [3.05, 3.63) is 35.0 Å². The van der Waals surface area contributed by atoms with E-state index in [2.05, 4.69) is 42.3 Å². The van der Waals surface area contributed by atoms with Crippen molar-refractivity contribution in [1.29, 1.82) is 0 Å². The molecule has 0 radical (unpaired) electrons. The van der Waals surface area contributed by atoms with Gasteiger partial charge in [0.25, 0.3) is 0 Å². The highest BCUT2D eigenvalue weighted by Gasteiger charge is 2.20. The number of hydrogen-bond donors (Lipinski definition) is 1. The van der Waals surface area contributed by atoms with Crippen LogP contribution in [0, 0.1) is 0 Å². The Labute approximate surface area is 128 Å². The molecule has 0 bridgehead atoms. The molecular formula is C18H27N3. The molecule has 1 aliphatic carbocycles. The molecule has 2 aliphatic rings. The summed E-state index contributed by atoms with van der Waals surface area (Å²) in [5, 5.41) is 3.62. The Bertz CT molecular complexity index is 517. The van der Waals surface area contributed by atoms with Crippen LogP contribution in [-0.4, -0.2) is 24.1 Å². The maximum absolute atomic E-state index is 4.88. The molecule has 0 spiro atoms. The van der Waals surface area contributed by atoms with E-state index in [9.17, 15) is 0 Å². The third-order valence-corrected chi connectivity index (χ3v) is 4.36. The fraction of sp³-hybridized carbons (Fsp3) is 0.611. The maximum Gasteiger partial charge on any atom is 0.129 e. The molecule has 1 saturated carbocycles. The average Bonchev–Trinajstić information content (AvgIpc) is 3.30. The number of pyridine rings is 1. The monoisotopic (exact) mass is 285 g/mol. The van der Waals surface area contributed by atoms with Gasteiger partial charge < -0.3 is 10.2 Å². The van der Waals surface area contributed by atoms with E-state index in [0.717, 1.165) is 50.8 Å². The molecule has 1 aliphatic heterocycles. The zero-order chi connectivity index (χ0) is 14.7. The van der Waals surface area contributed by atoms with Gasteiger partial charge >= 0.3 is 0 Å². The minimum atomic E-state index is 0.761. The van der Waals surface area contributed by atoms with Crippen molar-refractivity contribution in [3.8, 4) is 0 Å². The predicted molar refractivity (Wildman–Crippen MR) is 88.7 cm³/mol. The van der Waals surface area contributed by atoms with Crippen LogP contribution in [0.2, 0.25) is 0 Å². The lowest BCUT2D eigenvalue weighted by Gasteiger charge is -2.27. The van der Waals surface area contributed by atoms with Gasteiger partial charge in [0.1, 0.15) is 5.82 Å². The summed E-state index contributed by atoms with van der Waals surface area (Å²) in [7, 11) is 0. The molecule has 0 aromatic carbocycles. The van der Waals surface area contributed by atoms with Crippen LogP contribution in [0.3, 0.4) is 0 Å². The van der Waals surface area contributed by atoms with Crippen LogP contribution in [-0.2, 0) is 13.0 Å². The number of hydrogen-bond acceptors (Lipinski definition) is 3. The smallest absolute Gasteiger partial charge is 0.129 e. The number of aromatic nitrogens is 1. The summed E-state index contributed by atoms with van der Waals surface area (Å²) in [6.07, 6.45) is 8.42. The van der Waals surface area contributed by atoms with Crippen LogP contribution >= 0.6 is 0 Å². The van der Waals surface area contributed by atoms with Crippen molar-refractivity contribution >= 4 is 5.82 Å². The van der Waals surface area contributed by atoms with Gasteiger partial charge in [-0.3, -0.25) is 0 Å².